The van der Waals surface area contributed by atoms with Gasteiger partial charge in [-0.15, -0.1) is 0 Å². The minimum atomic E-state index is -0.121. The standard InChI is InChI=1S/C15H21N3O/c1-15(2,10-18-14(19)7-8-16)12-9-17-13-6-4-3-5-11(12)13/h3-6,9,17H,7-8,10,16H2,1-2H3,(H,18,19). The lowest BCUT2D eigenvalue weighted by molar-refractivity contribution is -0.121. The first-order valence-corrected chi connectivity index (χ1v) is 6.58. The Morgan fingerprint density at radius 1 is 1.37 bits per heavy atom. The molecule has 1 aromatic heterocycles. The summed E-state index contributed by atoms with van der Waals surface area (Å²) in [7, 11) is 0. The molecule has 0 unspecified atom stereocenters. The van der Waals surface area contributed by atoms with Gasteiger partial charge in [-0.3, -0.25) is 4.79 Å². The number of rotatable bonds is 5. The minimum absolute atomic E-state index is 0.00964. The second-order valence-electron chi connectivity index (χ2n) is 5.45. The van der Waals surface area contributed by atoms with Gasteiger partial charge in [0.1, 0.15) is 0 Å². The summed E-state index contributed by atoms with van der Waals surface area (Å²) in [5.74, 6) is 0.00964. The summed E-state index contributed by atoms with van der Waals surface area (Å²) < 4.78 is 0. The summed E-state index contributed by atoms with van der Waals surface area (Å²) in [6.45, 7) is 5.25. The molecule has 2 aromatic rings. The van der Waals surface area contributed by atoms with E-state index in [1.54, 1.807) is 0 Å². The molecule has 0 aliphatic heterocycles. The van der Waals surface area contributed by atoms with Gasteiger partial charge in [0.2, 0.25) is 5.91 Å². The highest BCUT2D eigenvalue weighted by Crippen LogP contribution is 2.29. The van der Waals surface area contributed by atoms with Gasteiger partial charge >= 0.3 is 0 Å². The number of aromatic amines is 1. The topological polar surface area (TPSA) is 70.9 Å². The Morgan fingerprint density at radius 3 is 2.84 bits per heavy atom. The van der Waals surface area contributed by atoms with E-state index in [2.05, 4.69) is 36.3 Å². The van der Waals surface area contributed by atoms with E-state index in [1.165, 1.54) is 10.9 Å². The van der Waals surface area contributed by atoms with Crippen LogP contribution in [0.5, 0.6) is 0 Å². The number of hydrogen-bond donors (Lipinski definition) is 3. The molecule has 0 aliphatic carbocycles. The first-order valence-electron chi connectivity index (χ1n) is 6.58. The highest BCUT2D eigenvalue weighted by molar-refractivity contribution is 5.84. The fraction of sp³-hybridized carbons (Fsp3) is 0.400. The lowest BCUT2D eigenvalue weighted by Gasteiger charge is -2.25. The monoisotopic (exact) mass is 259 g/mol. The van der Waals surface area contributed by atoms with E-state index in [-0.39, 0.29) is 11.3 Å². The number of hydrogen-bond acceptors (Lipinski definition) is 2. The maximum absolute atomic E-state index is 11.5. The van der Waals surface area contributed by atoms with Gasteiger partial charge < -0.3 is 16.0 Å². The highest BCUT2D eigenvalue weighted by Gasteiger charge is 2.24. The highest BCUT2D eigenvalue weighted by atomic mass is 16.1. The maximum atomic E-state index is 11.5. The van der Waals surface area contributed by atoms with Gasteiger partial charge in [-0.25, -0.2) is 0 Å². The van der Waals surface area contributed by atoms with Crippen LogP contribution >= 0.6 is 0 Å². The lowest BCUT2D eigenvalue weighted by atomic mass is 9.84. The third kappa shape index (κ3) is 2.96. The maximum Gasteiger partial charge on any atom is 0.221 e. The van der Waals surface area contributed by atoms with Crippen molar-refractivity contribution < 1.29 is 4.79 Å². The molecule has 1 heterocycles. The molecular formula is C15H21N3O. The number of aromatic nitrogens is 1. The Labute approximate surface area is 113 Å². The molecule has 0 radical (unpaired) electrons. The van der Waals surface area contributed by atoms with Crippen LogP contribution in [0.15, 0.2) is 30.5 Å². The van der Waals surface area contributed by atoms with Crippen molar-refractivity contribution in [3.05, 3.63) is 36.0 Å². The van der Waals surface area contributed by atoms with Crippen molar-refractivity contribution in [1.82, 2.24) is 10.3 Å². The number of para-hydroxylation sites is 1. The zero-order valence-electron chi connectivity index (χ0n) is 11.5. The number of nitrogens with two attached hydrogens (primary N) is 1. The fourth-order valence-corrected chi connectivity index (χ4v) is 2.27. The van der Waals surface area contributed by atoms with Gasteiger partial charge in [0, 0.05) is 42.0 Å². The molecular weight excluding hydrogens is 238 g/mol. The second kappa shape index (κ2) is 5.45. The molecule has 19 heavy (non-hydrogen) atoms. The molecule has 0 saturated carbocycles. The summed E-state index contributed by atoms with van der Waals surface area (Å²) in [5.41, 5.74) is 7.59. The van der Waals surface area contributed by atoms with Crippen molar-refractivity contribution in [3.63, 3.8) is 0 Å². The third-order valence-corrected chi connectivity index (χ3v) is 3.42. The van der Waals surface area contributed by atoms with E-state index in [0.29, 0.717) is 19.5 Å². The number of carbonyl (C=O) groups is 1. The van der Waals surface area contributed by atoms with Crippen LogP contribution < -0.4 is 11.1 Å². The Bertz CT molecular complexity index is 572. The second-order valence-corrected chi connectivity index (χ2v) is 5.45. The van der Waals surface area contributed by atoms with Crippen molar-refractivity contribution in [2.75, 3.05) is 13.1 Å². The number of benzene rings is 1. The fourth-order valence-electron chi connectivity index (χ4n) is 2.27. The van der Waals surface area contributed by atoms with Gasteiger partial charge in [0.15, 0.2) is 0 Å². The van der Waals surface area contributed by atoms with Crippen LogP contribution in [-0.4, -0.2) is 24.0 Å². The molecule has 4 nitrogen and oxygen atoms in total. The van der Waals surface area contributed by atoms with Crippen molar-refractivity contribution in [2.45, 2.75) is 25.7 Å². The third-order valence-electron chi connectivity index (χ3n) is 3.42. The van der Waals surface area contributed by atoms with Gasteiger partial charge in [-0.1, -0.05) is 32.0 Å². The van der Waals surface area contributed by atoms with Crippen molar-refractivity contribution >= 4 is 16.8 Å². The zero-order valence-corrected chi connectivity index (χ0v) is 11.5. The summed E-state index contributed by atoms with van der Waals surface area (Å²) in [4.78, 5) is 14.8. The van der Waals surface area contributed by atoms with Crippen molar-refractivity contribution in [3.8, 4) is 0 Å². The van der Waals surface area contributed by atoms with E-state index in [0.717, 1.165) is 5.52 Å². The number of carbonyl (C=O) groups excluding carboxylic acids is 1. The summed E-state index contributed by atoms with van der Waals surface area (Å²) in [5, 5.41) is 4.15. The van der Waals surface area contributed by atoms with Crippen molar-refractivity contribution in [2.24, 2.45) is 5.73 Å². The van der Waals surface area contributed by atoms with E-state index >= 15 is 0 Å². The number of nitrogens with one attached hydrogen (secondary N) is 2. The molecule has 2 rings (SSSR count). The molecule has 102 valence electrons. The Morgan fingerprint density at radius 2 is 2.11 bits per heavy atom. The van der Waals surface area contributed by atoms with Crippen LogP contribution in [-0.2, 0) is 10.2 Å². The quantitative estimate of drug-likeness (QED) is 0.767. The first-order chi connectivity index (χ1) is 9.04. The summed E-state index contributed by atoms with van der Waals surface area (Å²) in [6.07, 6.45) is 2.41. The predicted octanol–water partition coefficient (Wildman–Crippen LogP) is 1.91. The number of amides is 1. The molecule has 0 atom stereocenters. The SMILES string of the molecule is CC(C)(CNC(=O)CCN)c1c[nH]c2ccccc12. The van der Waals surface area contributed by atoms with Gasteiger partial charge in [-0.2, -0.15) is 0 Å². The van der Waals surface area contributed by atoms with Crippen LogP contribution in [0, 0.1) is 0 Å². The zero-order chi connectivity index (χ0) is 13.9. The molecule has 0 bridgehead atoms. The van der Waals surface area contributed by atoms with Crippen LogP contribution in [0.2, 0.25) is 0 Å². The Kier molecular flexibility index (Phi) is 3.90. The van der Waals surface area contributed by atoms with Crippen LogP contribution in [0.25, 0.3) is 10.9 Å². The molecule has 0 saturated heterocycles. The van der Waals surface area contributed by atoms with Crippen LogP contribution in [0.3, 0.4) is 0 Å². The Balaban J connectivity index is 2.17. The molecule has 1 aromatic carbocycles. The largest absolute Gasteiger partial charge is 0.361 e. The van der Waals surface area contributed by atoms with E-state index in [1.807, 2.05) is 18.3 Å². The van der Waals surface area contributed by atoms with Crippen LogP contribution in [0.1, 0.15) is 25.8 Å². The molecule has 0 spiro atoms. The van der Waals surface area contributed by atoms with E-state index < -0.39 is 0 Å². The van der Waals surface area contributed by atoms with E-state index in [4.69, 9.17) is 5.73 Å². The van der Waals surface area contributed by atoms with Gasteiger partial charge in [0.05, 0.1) is 0 Å². The lowest BCUT2D eigenvalue weighted by Crippen LogP contribution is -2.37. The number of fused-ring (bicyclic) bond motifs is 1. The van der Waals surface area contributed by atoms with Gasteiger partial charge in [-0.05, 0) is 11.6 Å². The smallest absolute Gasteiger partial charge is 0.221 e. The summed E-state index contributed by atoms with van der Waals surface area (Å²) >= 11 is 0. The van der Waals surface area contributed by atoms with Crippen molar-refractivity contribution in [1.29, 1.82) is 0 Å². The predicted molar refractivity (Wildman–Crippen MR) is 78.0 cm³/mol. The van der Waals surface area contributed by atoms with E-state index in [9.17, 15) is 4.79 Å². The van der Waals surface area contributed by atoms with Crippen LogP contribution in [0.4, 0.5) is 0 Å². The molecule has 4 heteroatoms. The van der Waals surface area contributed by atoms with Gasteiger partial charge in [0.25, 0.3) is 0 Å². The average Bonchev–Trinajstić information content (AvgIpc) is 2.81. The first kappa shape index (κ1) is 13.6. The number of H-pyrrole nitrogens is 1. The molecule has 0 aliphatic rings. The molecule has 4 N–H and O–H groups in total. The molecule has 0 fully saturated rings. The summed E-state index contributed by atoms with van der Waals surface area (Å²) in [6, 6.07) is 8.20. The minimum Gasteiger partial charge on any atom is -0.361 e. The normalized spacial score (nSPS) is 11.7. The average molecular weight is 259 g/mol. The molecule has 1 amide bonds. The Hall–Kier alpha value is -1.81.